The summed E-state index contributed by atoms with van der Waals surface area (Å²) in [7, 11) is 0. The molecular formula is C22H23Cl2N3O2. The third-order valence-corrected chi connectivity index (χ3v) is 5.22. The minimum absolute atomic E-state index is 0.0144. The maximum Gasteiger partial charge on any atom is 0.244 e. The van der Waals surface area contributed by atoms with Crippen LogP contribution in [0.5, 0.6) is 0 Å². The Morgan fingerprint density at radius 3 is 2.69 bits per heavy atom. The van der Waals surface area contributed by atoms with Crippen LogP contribution >= 0.6 is 23.2 Å². The zero-order chi connectivity index (χ0) is 20.8. The maximum atomic E-state index is 12.8. The van der Waals surface area contributed by atoms with E-state index in [2.05, 4.69) is 10.3 Å². The standard InChI is InChI=1S/C22H23Cl2N3O2/c1-2-11-27(14-21(28)26-20-9-8-16(23)12-18(20)24)22(29)10-7-15-13-25-19-6-4-3-5-17(15)19/h3-6,8-9,12-13,25H,2,7,10-11,14H2,1H3,(H,26,28). The molecule has 152 valence electrons. The van der Waals surface area contributed by atoms with Gasteiger partial charge in [0.2, 0.25) is 11.8 Å². The van der Waals surface area contributed by atoms with E-state index in [9.17, 15) is 9.59 Å². The number of aromatic amines is 1. The number of para-hydroxylation sites is 1. The van der Waals surface area contributed by atoms with E-state index in [0.717, 1.165) is 22.9 Å². The summed E-state index contributed by atoms with van der Waals surface area (Å²) >= 11 is 12.0. The molecule has 0 unspecified atom stereocenters. The highest BCUT2D eigenvalue weighted by atomic mass is 35.5. The van der Waals surface area contributed by atoms with Gasteiger partial charge in [-0.15, -0.1) is 0 Å². The van der Waals surface area contributed by atoms with E-state index in [0.29, 0.717) is 35.1 Å². The van der Waals surface area contributed by atoms with Gasteiger partial charge in [0.25, 0.3) is 0 Å². The Hall–Kier alpha value is -2.50. The fourth-order valence-electron chi connectivity index (χ4n) is 3.25. The lowest BCUT2D eigenvalue weighted by Gasteiger charge is -2.22. The topological polar surface area (TPSA) is 65.2 Å². The number of nitrogens with zero attached hydrogens (tertiary/aromatic N) is 1. The van der Waals surface area contributed by atoms with Crippen LogP contribution < -0.4 is 5.32 Å². The molecule has 2 amide bonds. The number of carbonyl (C=O) groups excluding carboxylic acids is 2. The first-order chi connectivity index (χ1) is 14.0. The number of hydrogen-bond acceptors (Lipinski definition) is 2. The number of carbonyl (C=O) groups is 2. The number of benzene rings is 2. The van der Waals surface area contributed by atoms with Gasteiger partial charge in [-0.3, -0.25) is 9.59 Å². The second-order valence-electron chi connectivity index (χ2n) is 6.85. The predicted octanol–water partition coefficient (Wildman–Crippen LogP) is 5.28. The van der Waals surface area contributed by atoms with Gasteiger partial charge in [-0.1, -0.05) is 48.3 Å². The summed E-state index contributed by atoms with van der Waals surface area (Å²) in [5, 5.41) is 4.72. The molecule has 0 fully saturated rings. The quantitative estimate of drug-likeness (QED) is 0.508. The lowest BCUT2D eigenvalue weighted by Crippen LogP contribution is -2.38. The molecule has 1 heterocycles. The van der Waals surface area contributed by atoms with Gasteiger partial charge in [-0.25, -0.2) is 0 Å². The Kier molecular flexibility index (Phi) is 7.18. The van der Waals surface area contributed by atoms with Crippen LogP contribution in [0.15, 0.2) is 48.7 Å². The largest absolute Gasteiger partial charge is 0.361 e. The average Bonchev–Trinajstić information content (AvgIpc) is 3.11. The number of halogens is 2. The van der Waals surface area contributed by atoms with Crippen molar-refractivity contribution in [1.29, 1.82) is 0 Å². The van der Waals surface area contributed by atoms with Crippen molar-refractivity contribution < 1.29 is 9.59 Å². The van der Waals surface area contributed by atoms with Crippen molar-refractivity contribution in [3.63, 3.8) is 0 Å². The van der Waals surface area contributed by atoms with Crippen LogP contribution in [-0.4, -0.2) is 34.8 Å². The first-order valence-electron chi connectivity index (χ1n) is 9.55. The molecule has 0 spiro atoms. The van der Waals surface area contributed by atoms with Crippen molar-refractivity contribution in [3.05, 3.63) is 64.3 Å². The van der Waals surface area contributed by atoms with E-state index < -0.39 is 0 Å². The molecule has 0 aliphatic carbocycles. The number of hydrogen-bond donors (Lipinski definition) is 2. The molecule has 3 aromatic rings. The van der Waals surface area contributed by atoms with Gasteiger partial charge in [-0.2, -0.15) is 0 Å². The Balaban J connectivity index is 1.60. The van der Waals surface area contributed by atoms with Gasteiger partial charge in [0.1, 0.15) is 0 Å². The Morgan fingerprint density at radius 2 is 1.93 bits per heavy atom. The summed E-state index contributed by atoms with van der Waals surface area (Å²) in [6.45, 7) is 2.49. The Bertz CT molecular complexity index is 1020. The van der Waals surface area contributed by atoms with Crippen LogP contribution in [-0.2, 0) is 16.0 Å². The van der Waals surface area contributed by atoms with E-state index in [-0.39, 0.29) is 18.4 Å². The average molecular weight is 432 g/mol. The van der Waals surface area contributed by atoms with Crippen LogP contribution in [0.4, 0.5) is 5.69 Å². The van der Waals surface area contributed by atoms with Crippen molar-refractivity contribution in [3.8, 4) is 0 Å². The normalized spacial score (nSPS) is 10.9. The third-order valence-electron chi connectivity index (χ3n) is 4.67. The zero-order valence-electron chi connectivity index (χ0n) is 16.2. The highest BCUT2D eigenvalue weighted by molar-refractivity contribution is 6.36. The summed E-state index contributed by atoms with van der Waals surface area (Å²) in [5.41, 5.74) is 2.63. The number of aromatic nitrogens is 1. The number of amides is 2. The lowest BCUT2D eigenvalue weighted by molar-refractivity contribution is -0.134. The Morgan fingerprint density at radius 1 is 1.14 bits per heavy atom. The van der Waals surface area contributed by atoms with Crippen LogP contribution in [0.1, 0.15) is 25.3 Å². The van der Waals surface area contributed by atoms with Crippen molar-refractivity contribution >= 4 is 51.6 Å². The molecule has 7 heteroatoms. The Labute approximate surface area is 180 Å². The van der Waals surface area contributed by atoms with E-state index in [1.165, 1.54) is 0 Å². The third kappa shape index (κ3) is 5.52. The van der Waals surface area contributed by atoms with Crippen molar-refractivity contribution in [2.45, 2.75) is 26.2 Å². The van der Waals surface area contributed by atoms with Crippen molar-refractivity contribution in [2.24, 2.45) is 0 Å². The molecule has 0 aliphatic rings. The van der Waals surface area contributed by atoms with Gasteiger partial charge >= 0.3 is 0 Å². The fraction of sp³-hybridized carbons (Fsp3) is 0.273. The molecule has 3 rings (SSSR count). The molecule has 29 heavy (non-hydrogen) atoms. The molecule has 2 aromatic carbocycles. The minimum Gasteiger partial charge on any atom is -0.361 e. The number of anilines is 1. The summed E-state index contributed by atoms with van der Waals surface area (Å²) in [6, 6.07) is 12.9. The molecule has 0 atom stereocenters. The molecule has 0 saturated heterocycles. The van der Waals surface area contributed by atoms with Gasteiger partial charge in [0, 0.05) is 35.1 Å². The SMILES string of the molecule is CCCN(CC(=O)Nc1ccc(Cl)cc1Cl)C(=O)CCc1c[nH]c2ccccc12. The lowest BCUT2D eigenvalue weighted by atomic mass is 10.1. The van der Waals surface area contributed by atoms with Crippen LogP contribution in [0.3, 0.4) is 0 Å². The second-order valence-corrected chi connectivity index (χ2v) is 7.69. The van der Waals surface area contributed by atoms with Crippen LogP contribution in [0.2, 0.25) is 10.0 Å². The molecule has 0 aliphatic heterocycles. The molecule has 1 aromatic heterocycles. The summed E-state index contributed by atoms with van der Waals surface area (Å²) < 4.78 is 0. The van der Waals surface area contributed by atoms with Gasteiger partial charge < -0.3 is 15.2 Å². The van der Waals surface area contributed by atoms with Crippen molar-refractivity contribution in [2.75, 3.05) is 18.4 Å². The monoisotopic (exact) mass is 431 g/mol. The number of nitrogens with one attached hydrogen (secondary N) is 2. The summed E-state index contributed by atoms with van der Waals surface area (Å²) in [6.07, 6.45) is 3.68. The highest BCUT2D eigenvalue weighted by Gasteiger charge is 2.18. The first kappa shape index (κ1) is 21.2. The molecule has 0 saturated carbocycles. The van der Waals surface area contributed by atoms with Gasteiger partial charge in [0.15, 0.2) is 0 Å². The fourth-order valence-corrected chi connectivity index (χ4v) is 3.71. The molecule has 2 N–H and O–H groups in total. The van der Waals surface area contributed by atoms with E-state index >= 15 is 0 Å². The highest BCUT2D eigenvalue weighted by Crippen LogP contribution is 2.25. The smallest absolute Gasteiger partial charge is 0.244 e. The van der Waals surface area contributed by atoms with E-state index in [4.69, 9.17) is 23.2 Å². The van der Waals surface area contributed by atoms with Gasteiger partial charge in [-0.05, 0) is 42.7 Å². The molecular weight excluding hydrogens is 409 g/mol. The minimum atomic E-state index is -0.289. The van der Waals surface area contributed by atoms with Gasteiger partial charge in [0.05, 0.1) is 17.3 Å². The number of aryl methyl sites for hydroxylation is 1. The van der Waals surface area contributed by atoms with Crippen LogP contribution in [0.25, 0.3) is 10.9 Å². The first-order valence-corrected chi connectivity index (χ1v) is 10.3. The van der Waals surface area contributed by atoms with E-state index in [1.54, 1.807) is 23.1 Å². The van der Waals surface area contributed by atoms with Crippen LogP contribution in [0, 0.1) is 0 Å². The summed E-state index contributed by atoms with van der Waals surface area (Å²) in [4.78, 5) is 30.0. The molecule has 5 nitrogen and oxygen atoms in total. The molecule has 0 bridgehead atoms. The maximum absolute atomic E-state index is 12.8. The van der Waals surface area contributed by atoms with E-state index in [1.807, 2.05) is 37.4 Å². The zero-order valence-corrected chi connectivity index (χ0v) is 17.7. The second kappa shape index (κ2) is 9.81. The predicted molar refractivity (Wildman–Crippen MR) is 119 cm³/mol. The number of rotatable bonds is 8. The number of H-pyrrole nitrogens is 1. The molecule has 0 radical (unpaired) electrons. The van der Waals surface area contributed by atoms with Crippen molar-refractivity contribution in [1.82, 2.24) is 9.88 Å². The number of fused-ring (bicyclic) bond motifs is 1. The summed E-state index contributed by atoms with van der Waals surface area (Å²) in [5.74, 6) is -0.336.